The fraction of sp³-hybridized carbons (Fsp3) is 1.00. The molecular formula is C6H17NOSi. The van der Waals surface area contributed by atoms with E-state index in [1.54, 1.807) is 0 Å². The molecule has 3 N–H and O–H groups in total. The highest BCUT2D eigenvalue weighted by Gasteiger charge is 2.35. The summed E-state index contributed by atoms with van der Waals surface area (Å²) in [5.74, 6) is 0. The topological polar surface area (TPSA) is 46.2 Å². The molecule has 0 aromatic rings. The van der Waals surface area contributed by atoms with Crippen molar-refractivity contribution >= 4 is 8.07 Å². The van der Waals surface area contributed by atoms with Gasteiger partial charge in [0.2, 0.25) is 0 Å². The monoisotopic (exact) mass is 147 g/mol. The summed E-state index contributed by atoms with van der Waals surface area (Å²) in [6.45, 7) is 8.53. The highest BCUT2D eigenvalue weighted by molar-refractivity contribution is 6.78. The predicted octanol–water partition coefficient (Wildman–Crippen LogP) is 0.573. The molecule has 0 aromatic heterocycles. The summed E-state index contributed by atoms with van der Waals surface area (Å²) in [7, 11) is -1.45. The van der Waals surface area contributed by atoms with Gasteiger partial charge in [0.05, 0.1) is 13.3 Å². The molecule has 56 valence electrons. The molecule has 0 amide bonds. The summed E-state index contributed by atoms with van der Waals surface area (Å²) >= 11 is 0. The molecule has 0 radical (unpaired) electrons. The standard InChI is InChI=1S/C6H17NOSi/c1-6(8,5-7)9(2,3)4/h8H,5,7H2,1-4H3. The third-order valence-corrected chi connectivity index (χ3v) is 5.45. The van der Waals surface area contributed by atoms with Crippen LogP contribution in [0.4, 0.5) is 0 Å². The fourth-order valence-corrected chi connectivity index (χ4v) is 0.919. The quantitative estimate of drug-likeness (QED) is 0.561. The van der Waals surface area contributed by atoms with E-state index in [4.69, 9.17) is 5.73 Å². The lowest BCUT2D eigenvalue weighted by Crippen LogP contribution is -2.54. The van der Waals surface area contributed by atoms with Crippen LogP contribution in [0.3, 0.4) is 0 Å². The highest BCUT2D eigenvalue weighted by Crippen LogP contribution is 2.17. The van der Waals surface area contributed by atoms with E-state index in [0.29, 0.717) is 6.54 Å². The summed E-state index contributed by atoms with van der Waals surface area (Å²) in [6.07, 6.45) is 0. The normalized spacial score (nSPS) is 19.3. The van der Waals surface area contributed by atoms with Gasteiger partial charge in [-0.3, -0.25) is 0 Å². The average molecular weight is 147 g/mol. The predicted molar refractivity (Wildman–Crippen MR) is 43.0 cm³/mol. The van der Waals surface area contributed by atoms with Gasteiger partial charge < -0.3 is 10.8 Å². The number of aliphatic hydroxyl groups is 1. The molecule has 0 saturated heterocycles. The number of hydrogen-bond donors (Lipinski definition) is 2. The Labute approximate surface area is 58.1 Å². The molecule has 0 aliphatic heterocycles. The Morgan fingerprint density at radius 3 is 1.78 bits per heavy atom. The van der Waals surface area contributed by atoms with E-state index in [0.717, 1.165) is 0 Å². The zero-order chi connectivity index (χ0) is 7.71. The molecule has 0 aliphatic carbocycles. The van der Waals surface area contributed by atoms with Gasteiger partial charge in [0.1, 0.15) is 0 Å². The second kappa shape index (κ2) is 2.40. The van der Waals surface area contributed by atoms with Gasteiger partial charge in [-0.2, -0.15) is 0 Å². The summed E-state index contributed by atoms with van der Waals surface area (Å²) in [4.78, 5) is 0. The molecular weight excluding hydrogens is 130 g/mol. The lowest BCUT2D eigenvalue weighted by molar-refractivity contribution is 0.144. The second-order valence-electron chi connectivity index (χ2n) is 3.73. The van der Waals surface area contributed by atoms with E-state index < -0.39 is 13.3 Å². The smallest absolute Gasteiger partial charge is 0.0833 e. The molecule has 0 saturated carbocycles. The molecule has 2 nitrogen and oxygen atoms in total. The maximum atomic E-state index is 9.60. The van der Waals surface area contributed by atoms with Crippen LogP contribution in [0.25, 0.3) is 0 Å². The minimum Gasteiger partial charge on any atom is -0.392 e. The van der Waals surface area contributed by atoms with Gasteiger partial charge in [-0.15, -0.1) is 0 Å². The molecule has 3 heteroatoms. The maximum Gasteiger partial charge on any atom is 0.0833 e. The lowest BCUT2D eigenvalue weighted by Gasteiger charge is -2.33. The van der Waals surface area contributed by atoms with Crippen molar-refractivity contribution in [2.24, 2.45) is 5.73 Å². The maximum absolute atomic E-state index is 9.60. The van der Waals surface area contributed by atoms with Crippen molar-refractivity contribution in [3.05, 3.63) is 0 Å². The van der Waals surface area contributed by atoms with Crippen molar-refractivity contribution in [1.29, 1.82) is 0 Å². The van der Waals surface area contributed by atoms with Crippen LogP contribution < -0.4 is 5.73 Å². The van der Waals surface area contributed by atoms with Crippen molar-refractivity contribution in [3.8, 4) is 0 Å². The molecule has 0 bridgehead atoms. The van der Waals surface area contributed by atoms with E-state index >= 15 is 0 Å². The van der Waals surface area contributed by atoms with Crippen LogP contribution >= 0.6 is 0 Å². The van der Waals surface area contributed by atoms with Crippen LogP contribution in [0.5, 0.6) is 0 Å². The van der Waals surface area contributed by atoms with Gasteiger partial charge in [0.15, 0.2) is 0 Å². The van der Waals surface area contributed by atoms with E-state index in [-0.39, 0.29) is 0 Å². The molecule has 9 heavy (non-hydrogen) atoms. The minimum atomic E-state index is -1.45. The van der Waals surface area contributed by atoms with Crippen molar-refractivity contribution in [3.63, 3.8) is 0 Å². The van der Waals surface area contributed by atoms with Crippen molar-refractivity contribution in [2.45, 2.75) is 31.8 Å². The van der Waals surface area contributed by atoms with Gasteiger partial charge in [-0.1, -0.05) is 19.6 Å². The Morgan fingerprint density at radius 2 is 1.78 bits per heavy atom. The van der Waals surface area contributed by atoms with E-state index in [1.807, 2.05) is 6.92 Å². The van der Waals surface area contributed by atoms with Crippen LogP contribution in [-0.2, 0) is 0 Å². The third kappa shape index (κ3) is 2.08. The summed E-state index contributed by atoms with van der Waals surface area (Å²) < 4.78 is 0. The van der Waals surface area contributed by atoms with Gasteiger partial charge in [0, 0.05) is 6.54 Å². The van der Waals surface area contributed by atoms with Gasteiger partial charge in [-0.25, -0.2) is 0 Å². The molecule has 0 spiro atoms. The number of hydrogen-bond acceptors (Lipinski definition) is 2. The van der Waals surface area contributed by atoms with Crippen LogP contribution in [0.15, 0.2) is 0 Å². The second-order valence-corrected chi connectivity index (χ2v) is 9.31. The number of rotatable bonds is 2. The Hall–Kier alpha value is 0.137. The Morgan fingerprint density at radius 1 is 1.44 bits per heavy atom. The molecule has 0 rings (SSSR count). The molecule has 1 unspecified atom stereocenters. The van der Waals surface area contributed by atoms with Crippen LogP contribution in [0, 0.1) is 0 Å². The zero-order valence-electron chi connectivity index (χ0n) is 6.73. The third-order valence-electron chi connectivity index (χ3n) is 2.01. The Balaban J connectivity index is 4.14. The first-order valence-corrected chi connectivity index (χ1v) is 6.74. The largest absolute Gasteiger partial charge is 0.392 e. The number of nitrogens with two attached hydrogens (primary N) is 1. The Bertz CT molecular complexity index is 95.7. The first-order valence-electron chi connectivity index (χ1n) is 3.24. The first-order chi connectivity index (χ1) is 3.81. The molecule has 0 aliphatic rings. The van der Waals surface area contributed by atoms with Crippen LogP contribution in [-0.4, -0.2) is 24.9 Å². The Kier molecular flexibility index (Phi) is 2.44. The van der Waals surface area contributed by atoms with Gasteiger partial charge >= 0.3 is 0 Å². The van der Waals surface area contributed by atoms with Crippen molar-refractivity contribution < 1.29 is 5.11 Å². The van der Waals surface area contributed by atoms with Crippen LogP contribution in [0.1, 0.15) is 6.92 Å². The average Bonchev–Trinajstić information content (AvgIpc) is 1.64. The SMILES string of the molecule is CC(O)(CN)[Si](C)(C)C. The van der Waals surface area contributed by atoms with Gasteiger partial charge in [0.25, 0.3) is 0 Å². The molecule has 0 fully saturated rings. The lowest BCUT2D eigenvalue weighted by atomic mass is 10.4. The van der Waals surface area contributed by atoms with Gasteiger partial charge in [-0.05, 0) is 6.92 Å². The minimum absolute atomic E-state index is 0.378. The van der Waals surface area contributed by atoms with E-state index in [9.17, 15) is 5.11 Å². The van der Waals surface area contributed by atoms with E-state index in [2.05, 4.69) is 19.6 Å². The molecule has 0 heterocycles. The first kappa shape index (κ1) is 9.14. The molecule has 0 aromatic carbocycles. The molecule has 1 atom stereocenters. The fourth-order valence-electron chi connectivity index (χ4n) is 0.306. The summed E-state index contributed by atoms with van der Waals surface area (Å²) in [5, 5.41) is 8.99. The summed E-state index contributed by atoms with van der Waals surface area (Å²) in [5.41, 5.74) is 5.38. The van der Waals surface area contributed by atoms with Crippen molar-refractivity contribution in [2.75, 3.05) is 6.54 Å². The van der Waals surface area contributed by atoms with E-state index in [1.165, 1.54) is 0 Å². The summed E-state index contributed by atoms with van der Waals surface area (Å²) in [6, 6.07) is 0. The van der Waals surface area contributed by atoms with Crippen molar-refractivity contribution in [1.82, 2.24) is 0 Å². The van der Waals surface area contributed by atoms with Crippen LogP contribution in [0.2, 0.25) is 19.6 Å². The zero-order valence-corrected chi connectivity index (χ0v) is 7.73. The highest BCUT2D eigenvalue weighted by atomic mass is 28.3.